The number of carbonyl (C=O) groups excluding carboxylic acids is 3. The number of carbonyl (C=O) groups is 3. The van der Waals surface area contributed by atoms with Gasteiger partial charge in [-0.2, -0.15) is 0 Å². The third-order valence-electron chi connectivity index (χ3n) is 6.67. The number of aryl methyl sites for hydroxylation is 2. The molecule has 2 heterocycles. The van der Waals surface area contributed by atoms with Gasteiger partial charge in [0, 0.05) is 31.9 Å². The zero-order valence-corrected chi connectivity index (χ0v) is 20.6. The number of nitrogens with one attached hydrogen (secondary N) is 1. The number of anilines is 2. The van der Waals surface area contributed by atoms with Gasteiger partial charge in [-0.25, -0.2) is 0 Å². The molecule has 2 aromatic rings. The van der Waals surface area contributed by atoms with E-state index in [0.717, 1.165) is 42.6 Å². The van der Waals surface area contributed by atoms with E-state index >= 15 is 0 Å². The van der Waals surface area contributed by atoms with Crippen LogP contribution in [0.25, 0.3) is 0 Å². The molecule has 2 aliphatic heterocycles. The molecule has 0 aliphatic carbocycles. The monoisotopic (exact) mass is 478 g/mol. The zero-order chi connectivity index (χ0) is 24.8. The molecule has 0 bridgehead atoms. The summed E-state index contributed by atoms with van der Waals surface area (Å²) in [5.41, 5.74) is 3.85. The highest BCUT2D eigenvalue weighted by Gasteiger charge is 2.29. The molecule has 35 heavy (non-hydrogen) atoms. The van der Waals surface area contributed by atoms with Crippen LogP contribution in [0.3, 0.4) is 0 Å². The van der Waals surface area contributed by atoms with Crippen molar-refractivity contribution in [2.24, 2.45) is 0 Å². The van der Waals surface area contributed by atoms with Crippen LogP contribution in [-0.2, 0) is 27.2 Å². The van der Waals surface area contributed by atoms with Gasteiger partial charge in [0.1, 0.15) is 12.3 Å². The summed E-state index contributed by atoms with van der Waals surface area (Å²) >= 11 is 0. The Morgan fingerprint density at radius 3 is 2.40 bits per heavy atom. The summed E-state index contributed by atoms with van der Waals surface area (Å²) in [6.07, 6.45) is 2.50. The molecule has 0 atom stereocenters. The van der Waals surface area contributed by atoms with Gasteiger partial charge in [0.15, 0.2) is 6.61 Å². The van der Waals surface area contributed by atoms with Gasteiger partial charge >= 0.3 is 0 Å². The molecule has 4 rings (SSSR count). The first-order valence-corrected chi connectivity index (χ1v) is 12.4. The predicted octanol–water partition coefficient (Wildman–Crippen LogP) is 2.71. The summed E-state index contributed by atoms with van der Waals surface area (Å²) < 4.78 is 5.47. The number of hydrogen-bond acceptors (Lipinski definition) is 5. The topological polar surface area (TPSA) is 82.2 Å². The van der Waals surface area contributed by atoms with E-state index in [2.05, 4.69) is 36.2 Å². The summed E-state index contributed by atoms with van der Waals surface area (Å²) in [5.74, 6) is 0.273. The summed E-state index contributed by atoms with van der Waals surface area (Å²) in [7, 11) is 0. The van der Waals surface area contributed by atoms with Crippen LogP contribution in [-0.4, -0.2) is 73.4 Å². The molecular weight excluding hydrogens is 444 g/mol. The van der Waals surface area contributed by atoms with Crippen molar-refractivity contribution in [2.45, 2.75) is 33.1 Å². The lowest BCUT2D eigenvalue weighted by Gasteiger charge is -2.31. The molecule has 0 aromatic heterocycles. The fourth-order valence-corrected chi connectivity index (χ4v) is 4.73. The van der Waals surface area contributed by atoms with E-state index in [4.69, 9.17) is 4.74 Å². The van der Waals surface area contributed by atoms with Crippen molar-refractivity contribution in [3.8, 4) is 5.75 Å². The maximum atomic E-state index is 13.1. The minimum absolute atomic E-state index is 0.00666. The minimum Gasteiger partial charge on any atom is -0.482 e. The van der Waals surface area contributed by atoms with Gasteiger partial charge in [-0.1, -0.05) is 44.2 Å². The van der Waals surface area contributed by atoms with Crippen LogP contribution in [0.1, 0.15) is 31.4 Å². The second-order valence-electron chi connectivity index (χ2n) is 8.95. The second-order valence-corrected chi connectivity index (χ2v) is 8.95. The van der Waals surface area contributed by atoms with Crippen LogP contribution in [0.2, 0.25) is 0 Å². The molecular formula is C27H34N4O4. The van der Waals surface area contributed by atoms with Gasteiger partial charge in [-0.3, -0.25) is 24.2 Å². The Morgan fingerprint density at radius 2 is 1.66 bits per heavy atom. The molecule has 8 nitrogen and oxygen atoms in total. The molecule has 0 radical (unpaired) electrons. The molecule has 186 valence electrons. The first-order chi connectivity index (χ1) is 17.0. The number of para-hydroxylation sites is 3. The van der Waals surface area contributed by atoms with Crippen molar-refractivity contribution in [3.05, 3.63) is 53.6 Å². The van der Waals surface area contributed by atoms with E-state index in [0.29, 0.717) is 37.6 Å². The molecule has 0 saturated carbocycles. The molecule has 8 heteroatoms. The number of amides is 3. The number of rotatable bonds is 7. The highest BCUT2D eigenvalue weighted by Crippen LogP contribution is 2.31. The van der Waals surface area contributed by atoms with Gasteiger partial charge in [-0.15, -0.1) is 0 Å². The summed E-state index contributed by atoms with van der Waals surface area (Å²) in [4.78, 5) is 43.8. The van der Waals surface area contributed by atoms with Crippen LogP contribution >= 0.6 is 0 Å². The number of nitrogens with zero attached hydrogens (tertiary/aromatic N) is 3. The quantitative estimate of drug-likeness (QED) is 0.662. The molecule has 0 unspecified atom stereocenters. The Bertz CT molecular complexity index is 1060. The molecule has 1 saturated heterocycles. The largest absolute Gasteiger partial charge is 0.482 e. The fourth-order valence-electron chi connectivity index (χ4n) is 4.73. The third-order valence-corrected chi connectivity index (χ3v) is 6.67. The second kappa shape index (κ2) is 11.4. The average molecular weight is 479 g/mol. The Labute approximate surface area is 206 Å². The van der Waals surface area contributed by atoms with Gasteiger partial charge < -0.3 is 15.0 Å². The Morgan fingerprint density at radius 1 is 0.914 bits per heavy atom. The maximum Gasteiger partial charge on any atom is 0.265 e. The minimum atomic E-state index is -0.219. The fraction of sp³-hybridized carbons (Fsp3) is 0.444. The SMILES string of the molecule is CCc1cccc(CC)c1NC(=O)CN1CCCN(C(=O)CN2C(=O)COc3ccccc32)CC1. The van der Waals surface area contributed by atoms with Crippen molar-refractivity contribution in [2.75, 3.05) is 56.1 Å². The maximum absolute atomic E-state index is 13.1. The molecule has 0 spiro atoms. The highest BCUT2D eigenvalue weighted by atomic mass is 16.5. The van der Waals surface area contributed by atoms with Gasteiger partial charge in [-0.05, 0) is 42.5 Å². The Kier molecular flexibility index (Phi) is 8.02. The van der Waals surface area contributed by atoms with Crippen LogP contribution < -0.4 is 15.0 Å². The van der Waals surface area contributed by atoms with Crippen LogP contribution in [0.5, 0.6) is 5.75 Å². The van der Waals surface area contributed by atoms with E-state index in [1.807, 2.05) is 18.2 Å². The van der Waals surface area contributed by atoms with Gasteiger partial charge in [0.25, 0.3) is 5.91 Å². The smallest absolute Gasteiger partial charge is 0.265 e. The van der Waals surface area contributed by atoms with Crippen molar-refractivity contribution < 1.29 is 19.1 Å². The lowest BCUT2D eigenvalue weighted by molar-refractivity contribution is -0.131. The van der Waals surface area contributed by atoms with E-state index in [9.17, 15) is 14.4 Å². The van der Waals surface area contributed by atoms with Crippen LogP contribution in [0, 0.1) is 0 Å². The van der Waals surface area contributed by atoms with E-state index in [1.165, 1.54) is 4.90 Å². The van der Waals surface area contributed by atoms with Gasteiger partial charge in [0.05, 0.1) is 12.2 Å². The number of ether oxygens (including phenoxy) is 1. The van der Waals surface area contributed by atoms with Crippen molar-refractivity contribution in [1.29, 1.82) is 0 Å². The average Bonchev–Trinajstić information content (AvgIpc) is 3.11. The molecule has 1 fully saturated rings. The number of hydrogen-bond donors (Lipinski definition) is 1. The molecule has 2 aromatic carbocycles. The van der Waals surface area contributed by atoms with Crippen LogP contribution in [0.4, 0.5) is 11.4 Å². The zero-order valence-electron chi connectivity index (χ0n) is 20.6. The van der Waals surface area contributed by atoms with Crippen molar-refractivity contribution >= 4 is 29.1 Å². The normalized spacial score (nSPS) is 16.3. The van der Waals surface area contributed by atoms with Crippen molar-refractivity contribution in [3.63, 3.8) is 0 Å². The Hall–Kier alpha value is -3.39. The summed E-state index contributed by atoms with van der Waals surface area (Å²) in [5, 5.41) is 3.13. The van der Waals surface area contributed by atoms with E-state index < -0.39 is 0 Å². The van der Waals surface area contributed by atoms with Gasteiger partial charge in [0.2, 0.25) is 11.8 Å². The predicted molar refractivity (Wildman–Crippen MR) is 136 cm³/mol. The number of fused-ring (bicyclic) bond motifs is 1. The Balaban J connectivity index is 1.33. The molecule has 2 aliphatic rings. The van der Waals surface area contributed by atoms with E-state index in [-0.39, 0.29) is 30.9 Å². The van der Waals surface area contributed by atoms with E-state index in [1.54, 1.807) is 17.0 Å². The summed E-state index contributed by atoms with van der Waals surface area (Å²) in [6, 6.07) is 13.4. The third kappa shape index (κ3) is 5.82. The van der Waals surface area contributed by atoms with Crippen molar-refractivity contribution in [1.82, 2.24) is 9.80 Å². The number of benzene rings is 2. The first kappa shape index (κ1) is 24.7. The standard InChI is InChI=1S/C27H34N4O4/c1-3-20-9-7-10-21(4-2)27(20)28-24(32)17-29-13-8-14-30(16-15-29)25(33)18-31-22-11-5-6-12-23(22)35-19-26(31)34/h5-7,9-12H,3-4,8,13-19H2,1-2H3,(H,28,32). The lowest BCUT2D eigenvalue weighted by atomic mass is 10.0. The highest BCUT2D eigenvalue weighted by molar-refractivity contribution is 6.02. The molecule has 3 amide bonds. The lowest BCUT2D eigenvalue weighted by Crippen LogP contribution is -2.47. The first-order valence-electron chi connectivity index (χ1n) is 12.4. The summed E-state index contributed by atoms with van der Waals surface area (Å²) in [6.45, 7) is 6.89. The molecule has 1 N–H and O–H groups in total. The van der Waals surface area contributed by atoms with Crippen LogP contribution in [0.15, 0.2) is 42.5 Å².